The number of fused-ring (bicyclic) bond motifs is 2. The average Bonchev–Trinajstić information content (AvgIpc) is 3.37. The minimum Gasteiger partial charge on any atom is -0.394 e. The molecule has 0 aromatic heterocycles. The number of carbonyl (C=O) groups is 3. The molecule has 7 rings (SSSR count). The summed E-state index contributed by atoms with van der Waals surface area (Å²) in [6.07, 6.45) is 7.18. The molecule has 3 aromatic rings. The Hall–Kier alpha value is -4.53. The molecule has 1 unspecified atom stereocenters. The van der Waals surface area contributed by atoms with Crippen LogP contribution in [-0.2, 0) is 25.5 Å². The number of rotatable bonds is 6. The number of likely N-dealkylation sites (tertiary alicyclic amines) is 1. The molecule has 0 radical (unpaired) electrons. The number of carbonyl (C=O) groups excluding carboxylic acids is 3. The molecule has 2 saturated heterocycles. The largest absolute Gasteiger partial charge is 0.394 e. The Balaban J connectivity index is 1.36. The highest BCUT2D eigenvalue weighted by molar-refractivity contribution is 6.08. The van der Waals surface area contributed by atoms with Crippen molar-refractivity contribution in [3.8, 4) is 0 Å². The van der Waals surface area contributed by atoms with E-state index in [0.29, 0.717) is 19.5 Å². The van der Waals surface area contributed by atoms with Crippen molar-refractivity contribution < 1.29 is 24.2 Å². The zero-order valence-electron chi connectivity index (χ0n) is 25.5. The zero-order chi connectivity index (χ0) is 31.3. The van der Waals surface area contributed by atoms with Gasteiger partial charge in [0.1, 0.15) is 11.6 Å². The summed E-state index contributed by atoms with van der Waals surface area (Å²) in [5.41, 5.74) is 2.95. The fraction of sp³-hybridized carbons (Fsp3) is 0.324. The van der Waals surface area contributed by atoms with E-state index in [0.717, 1.165) is 28.1 Å². The van der Waals surface area contributed by atoms with Crippen molar-refractivity contribution in [1.82, 2.24) is 4.90 Å². The van der Waals surface area contributed by atoms with Gasteiger partial charge in [-0.25, -0.2) is 0 Å². The molecule has 4 aliphatic heterocycles. The third kappa shape index (κ3) is 4.62. The topological polar surface area (TPSA) is 90.4 Å². The Kier molecular flexibility index (Phi) is 7.42. The van der Waals surface area contributed by atoms with Gasteiger partial charge in [0.15, 0.2) is 0 Å². The molecule has 0 saturated carbocycles. The van der Waals surface area contributed by atoms with E-state index in [9.17, 15) is 19.5 Å². The van der Waals surface area contributed by atoms with Gasteiger partial charge in [-0.15, -0.1) is 0 Å². The second-order valence-electron chi connectivity index (χ2n) is 12.4. The van der Waals surface area contributed by atoms with Crippen LogP contribution in [0.3, 0.4) is 0 Å². The molecule has 4 aliphatic rings. The molecule has 8 nitrogen and oxygen atoms in total. The molecule has 3 aromatic carbocycles. The fourth-order valence-corrected chi connectivity index (χ4v) is 7.88. The number of benzene rings is 3. The maximum absolute atomic E-state index is 15.0. The predicted molar refractivity (Wildman–Crippen MR) is 172 cm³/mol. The molecule has 230 valence electrons. The molecule has 8 heteroatoms. The lowest BCUT2D eigenvalue weighted by molar-refractivity contribution is -0.144. The lowest BCUT2D eigenvalue weighted by Gasteiger charge is -2.39. The van der Waals surface area contributed by atoms with Crippen LogP contribution in [0.1, 0.15) is 16.7 Å². The molecule has 0 aliphatic carbocycles. The number of para-hydroxylation sites is 2. The maximum Gasteiger partial charge on any atom is 0.253 e. The molecule has 0 bridgehead atoms. The number of aliphatic hydroxyl groups is 1. The van der Waals surface area contributed by atoms with E-state index in [1.807, 2.05) is 117 Å². The summed E-state index contributed by atoms with van der Waals surface area (Å²) in [7, 11) is 0. The van der Waals surface area contributed by atoms with E-state index in [1.54, 1.807) is 14.7 Å². The number of amides is 3. The van der Waals surface area contributed by atoms with E-state index < -0.39 is 35.6 Å². The standard InChI is InChI=1S/C37H37N3O5/c1-24-12-9-13-25(2)32(24)39-21-11-19-37-31(30-29(45-37)18-10-20-38(34(30)42)27-16-7-4-8-17-27)35(43)40(33(37)36(39)44)28(23-41)22-26-14-5-3-6-15-26/h3-19,28-31,33,41H,20-23H2,1-2H3/t28-,29+,30-,31+,33?,37+/m1/s1. The van der Waals surface area contributed by atoms with Crippen molar-refractivity contribution in [2.75, 3.05) is 29.5 Å². The highest BCUT2D eigenvalue weighted by Crippen LogP contribution is 2.54. The van der Waals surface area contributed by atoms with Gasteiger partial charge in [0.05, 0.1) is 30.6 Å². The second-order valence-corrected chi connectivity index (χ2v) is 12.4. The van der Waals surface area contributed by atoms with E-state index >= 15 is 0 Å². The fourth-order valence-electron chi connectivity index (χ4n) is 7.88. The zero-order valence-corrected chi connectivity index (χ0v) is 25.5. The monoisotopic (exact) mass is 603 g/mol. The number of anilines is 2. The van der Waals surface area contributed by atoms with Crippen molar-refractivity contribution in [3.05, 3.63) is 120 Å². The quantitative estimate of drug-likeness (QED) is 0.431. The SMILES string of the molecule is Cc1cccc(C)c1N1CC=C[C@]23O[C@H]4C=CCN(c5ccccc5)C(=O)[C@H]4[C@H]2C(=O)N([C@@H](CO)Cc2ccccc2)C3C1=O. The van der Waals surface area contributed by atoms with Crippen LogP contribution in [0.15, 0.2) is 103 Å². The summed E-state index contributed by atoms with van der Waals surface area (Å²) in [6.45, 7) is 4.23. The molecule has 4 heterocycles. The van der Waals surface area contributed by atoms with Gasteiger partial charge in [0.25, 0.3) is 5.91 Å². The first-order valence-electron chi connectivity index (χ1n) is 15.6. The van der Waals surface area contributed by atoms with Gasteiger partial charge in [-0.1, -0.05) is 91.0 Å². The maximum atomic E-state index is 15.0. The highest BCUT2D eigenvalue weighted by Gasteiger charge is 2.72. The van der Waals surface area contributed by atoms with Gasteiger partial charge in [0, 0.05) is 24.5 Å². The molecule has 45 heavy (non-hydrogen) atoms. The normalized spacial score (nSPS) is 28.1. The predicted octanol–water partition coefficient (Wildman–Crippen LogP) is 3.99. The molecule has 6 atom stereocenters. The van der Waals surface area contributed by atoms with Gasteiger partial charge in [-0.05, 0) is 49.1 Å². The molecule has 2 fully saturated rings. The Morgan fingerprint density at radius 2 is 1.49 bits per heavy atom. The summed E-state index contributed by atoms with van der Waals surface area (Å²) < 4.78 is 6.84. The number of nitrogens with zero attached hydrogens (tertiary/aromatic N) is 3. The summed E-state index contributed by atoms with van der Waals surface area (Å²) >= 11 is 0. The second kappa shape index (κ2) is 11.4. The first kappa shape index (κ1) is 29.2. The minimum atomic E-state index is -1.39. The highest BCUT2D eigenvalue weighted by atomic mass is 16.5. The number of hydrogen-bond acceptors (Lipinski definition) is 5. The van der Waals surface area contributed by atoms with Gasteiger partial charge in [-0.2, -0.15) is 0 Å². The third-order valence-electron chi connectivity index (χ3n) is 9.79. The molecule has 1 N–H and O–H groups in total. The van der Waals surface area contributed by atoms with Crippen LogP contribution in [-0.4, -0.2) is 71.2 Å². The van der Waals surface area contributed by atoms with E-state index in [1.165, 1.54) is 0 Å². The molecular weight excluding hydrogens is 566 g/mol. The van der Waals surface area contributed by atoms with Gasteiger partial charge in [0.2, 0.25) is 11.8 Å². The van der Waals surface area contributed by atoms with Gasteiger partial charge < -0.3 is 24.5 Å². The number of ether oxygens (including phenoxy) is 1. The van der Waals surface area contributed by atoms with Crippen LogP contribution in [0.25, 0.3) is 0 Å². The van der Waals surface area contributed by atoms with E-state index in [4.69, 9.17) is 4.74 Å². The van der Waals surface area contributed by atoms with Gasteiger partial charge >= 0.3 is 0 Å². The molecule has 3 amide bonds. The van der Waals surface area contributed by atoms with Crippen LogP contribution >= 0.6 is 0 Å². The van der Waals surface area contributed by atoms with E-state index in [-0.39, 0.29) is 24.3 Å². The Labute approximate surface area is 263 Å². The lowest BCUT2D eigenvalue weighted by Crippen LogP contribution is -2.58. The van der Waals surface area contributed by atoms with Crippen molar-refractivity contribution in [2.24, 2.45) is 11.8 Å². The summed E-state index contributed by atoms with van der Waals surface area (Å²) in [4.78, 5) is 49.2. The van der Waals surface area contributed by atoms with Gasteiger partial charge in [-0.3, -0.25) is 14.4 Å². The summed E-state index contributed by atoms with van der Waals surface area (Å²) in [5, 5.41) is 10.8. The summed E-state index contributed by atoms with van der Waals surface area (Å²) in [5.74, 6) is -2.64. The Bertz CT molecular complexity index is 1670. The van der Waals surface area contributed by atoms with Crippen LogP contribution in [0.2, 0.25) is 0 Å². The number of aliphatic hydroxyl groups excluding tert-OH is 1. The average molecular weight is 604 g/mol. The van der Waals surface area contributed by atoms with Crippen LogP contribution in [0.4, 0.5) is 11.4 Å². The van der Waals surface area contributed by atoms with Crippen molar-refractivity contribution >= 4 is 29.1 Å². The molecule has 1 spiro atoms. The van der Waals surface area contributed by atoms with Crippen LogP contribution in [0, 0.1) is 25.7 Å². The van der Waals surface area contributed by atoms with Crippen LogP contribution < -0.4 is 9.80 Å². The van der Waals surface area contributed by atoms with Crippen molar-refractivity contribution in [3.63, 3.8) is 0 Å². The van der Waals surface area contributed by atoms with Crippen molar-refractivity contribution in [1.29, 1.82) is 0 Å². The first-order chi connectivity index (χ1) is 21.9. The third-order valence-corrected chi connectivity index (χ3v) is 9.79. The lowest BCUT2D eigenvalue weighted by atomic mass is 9.77. The van der Waals surface area contributed by atoms with Crippen molar-refractivity contribution in [2.45, 2.75) is 44.1 Å². The Morgan fingerprint density at radius 1 is 0.822 bits per heavy atom. The van der Waals surface area contributed by atoms with Crippen LogP contribution in [0.5, 0.6) is 0 Å². The smallest absolute Gasteiger partial charge is 0.253 e. The molecular formula is C37H37N3O5. The Morgan fingerprint density at radius 3 is 2.18 bits per heavy atom. The summed E-state index contributed by atoms with van der Waals surface area (Å²) in [6, 6.07) is 23.2. The number of aryl methyl sites for hydroxylation is 2. The first-order valence-corrected chi connectivity index (χ1v) is 15.6. The minimum absolute atomic E-state index is 0.215. The van der Waals surface area contributed by atoms with E-state index in [2.05, 4.69) is 0 Å². The number of hydrogen-bond donors (Lipinski definition) is 1.